The topological polar surface area (TPSA) is 72.2 Å². The molecule has 1 aromatic rings. The van der Waals surface area contributed by atoms with Crippen molar-refractivity contribution in [1.29, 1.82) is 0 Å². The number of hydrogen-bond donors (Lipinski definition) is 2. The Hall–Kier alpha value is -1.55. The molecule has 0 bridgehead atoms. The monoisotopic (exact) mass is 228 g/mol. The molecular formula is C10H13ClN2O2. The van der Waals surface area contributed by atoms with Crippen LogP contribution in [0.15, 0.2) is 30.3 Å². The predicted molar refractivity (Wildman–Crippen MR) is 60.7 cm³/mol. The number of carbonyl (C=O) groups excluding carboxylic acids is 2. The van der Waals surface area contributed by atoms with Crippen LogP contribution < -0.4 is 11.1 Å². The molecule has 0 radical (unpaired) electrons. The molecule has 4 nitrogen and oxygen atoms in total. The van der Waals surface area contributed by atoms with E-state index in [4.69, 9.17) is 5.73 Å². The van der Waals surface area contributed by atoms with Crippen molar-refractivity contribution >= 4 is 29.9 Å². The van der Waals surface area contributed by atoms with E-state index in [0.29, 0.717) is 0 Å². The number of primary amides is 1. The molecule has 0 saturated heterocycles. The van der Waals surface area contributed by atoms with Gasteiger partial charge in [-0.15, -0.1) is 12.4 Å². The maximum atomic E-state index is 11.2. The summed E-state index contributed by atoms with van der Waals surface area (Å²) >= 11 is 0. The van der Waals surface area contributed by atoms with Gasteiger partial charge in [-0.25, -0.2) is 0 Å². The van der Waals surface area contributed by atoms with Crippen molar-refractivity contribution in [1.82, 2.24) is 0 Å². The van der Waals surface area contributed by atoms with Gasteiger partial charge in [0.2, 0.25) is 11.8 Å². The van der Waals surface area contributed by atoms with E-state index in [1.165, 1.54) is 0 Å². The van der Waals surface area contributed by atoms with Crippen LogP contribution in [0, 0.1) is 0 Å². The number of nitrogens with one attached hydrogen (secondary N) is 1. The van der Waals surface area contributed by atoms with Crippen LogP contribution in [0.1, 0.15) is 12.8 Å². The number of carbonyl (C=O) groups is 2. The van der Waals surface area contributed by atoms with Gasteiger partial charge in [-0.05, 0) is 12.1 Å². The van der Waals surface area contributed by atoms with E-state index in [1.54, 1.807) is 12.1 Å². The second-order valence-electron chi connectivity index (χ2n) is 2.88. The summed E-state index contributed by atoms with van der Waals surface area (Å²) in [6.07, 6.45) is 0.211. The highest BCUT2D eigenvalue weighted by atomic mass is 35.5. The van der Waals surface area contributed by atoms with E-state index in [-0.39, 0.29) is 31.2 Å². The molecule has 3 N–H and O–H groups in total. The molecule has 0 unspecified atom stereocenters. The highest BCUT2D eigenvalue weighted by Gasteiger charge is 2.03. The summed E-state index contributed by atoms with van der Waals surface area (Å²) < 4.78 is 0. The van der Waals surface area contributed by atoms with Gasteiger partial charge in [-0.3, -0.25) is 9.59 Å². The van der Waals surface area contributed by atoms with Crippen LogP contribution >= 0.6 is 12.4 Å². The molecule has 82 valence electrons. The summed E-state index contributed by atoms with van der Waals surface area (Å²) in [5.74, 6) is -0.664. The Labute approximate surface area is 94.3 Å². The van der Waals surface area contributed by atoms with E-state index in [0.717, 1.165) is 5.69 Å². The lowest BCUT2D eigenvalue weighted by Gasteiger charge is -2.02. The lowest BCUT2D eigenvalue weighted by atomic mass is 10.2. The van der Waals surface area contributed by atoms with Gasteiger partial charge in [-0.2, -0.15) is 0 Å². The quantitative estimate of drug-likeness (QED) is 0.816. The Morgan fingerprint density at radius 1 is 1.13 bits per heavy atom. The first kappa shape index (κ1) is 13.4. The third-order valence-electron chi connectivity index (χ3n) is 1.66. The van der Waals surface area contributed by atoms with Crippen molar-refractivity contribution in [2.75, 3.05) is 5.32 Å². The number of nitrogens with two attached hydrogens (primary N) is 1. The Bertz CT molecular complexity index is 327. The van der Waals surface area contributed by atoms with Gasteiger partial charge in [0.05, 0.1) is 0 Å². The van der Waals surface area contributed by atoms with Gasteiger partial charge in [-0.1, -0.05) is 18.2 Å². The smallest absolute Gasteiger partial charge is 0.224 e. The molecule has 0 heterocycles. The molecule has 0 fully saturated rings. The van der Waals surface area contributed by atoms with E-state index >= 15 is 0 Å². The molecule has 0 saturated carbocycles. The zero-order chi connectivity index (χ0) is 10.4. The van der Waals surface area contributed by atoms with E-state index in [9.17, 15) is 9.59 Å². The van der Waals surface area contributed by atoms with Crippen molar-refractivity contribution in [3.05, 3.63) is 30.3 Å². The maximum Gasteiger partial charge on any atom is 0.224 e. The largest absolute Gasteiger partial charge is 0.370 e. The molecule has 2 amide bonds. The molecule has 0 spiro atoms. The average molecular weight is 229 g/mol. The van der Waals surface area contributed by atoms with Gasteiger partial charge < -0.3 is 11.1 Å². The van der Waals surface area contributed by atoms with E-state index in [2.05, 4.69) is 5.32 Å². The molecule has 1 aromatic carbocycles. The van der Waals surface area contributed by atoms with E-state index < -0.39 is 5.91 Å². The third kappa shape index (κ3) is 5.70. The van der Waals surface area contributed by atoms with Gasteiger partial charge >= 0.3 is 0 Å². The summed E-state index contributed by atoms with van der Waals surface area (Å²) in [6, 6.07) is 9.07. The minimum absolute atomic E-state index is 0. The summed E-state index contributed by atoms with van der Waals surface area (Å²) in [7, 11) is 0. The van der Waals surface area contributed by atoms with Gasteiger partial charge in [0.25, 0.3) is 0 Å². The van der Waals surface area contributed by atoms with Crippen LogP contribution in [0.2, 0.25) is 0 Å². The van der Waals surface area contributed by atoms with Gasteiger partial charge in [0, 0.05) is 18.5 Å². The fourth-order valence-corrected chi connectivity index (χ4v) is 0.982. The van der Waals surface area contributed by atoms with Crippen LogP contribution in [0.5, 0.6) is 0 Å². The normalized spacial score (nSPS) is 8.80. The molecule has 15 heavy (non-hydrogen) atoms. The van der Waals surface area contributed by atoms with Crippen LogP contribution in [0.25, 0.3) is 0 Å². The Balaban J connectivity index is 0.00000196. The van der Waals surface area contributed by atoms with Gasteiger partial charge in [0.15, 0.2) is 0 Å². The predicted octanol–water partition coefficient (Wildman–Crippen LogP) is 1.31. The summed E-state index contributed by atoms with van der Waals surface area (Å²) in [5.41, 5.74) is 5.64. The number of anilines is 1. The average Bonchev–Trinajstić information content (AvgIpc) is 2.16. The number of amides is 2. The number of benzene rings is 1. The highest BCUT2D eigenvalue weighted by molar-refractivity contribution is 5.92. The highest BCUT2D eigenvalue weighted by Crippen LogP contribution is 2.05. The molecule has 1 rings (SSSR count). The first-order valence-electron chi connectivity index (χ1n) is 4.31. The molecule has 0 aliphatic heterocycles. The Morgan fingerprint density at radius 2 is 1.73 bits per heavy atom. The number of hydrogen-bond acceptors (Lipinski definition) is 2. The lowest BCUT2D eigenvalue weighted by molar-refractivity contribution is -0.122. The third-order valence-corrected chi connectivity index (χ3v) is 1.66. The van der Waals surface area contributed by atoms with Crippen molar-refractivity contribution in [2.45, 2.75) is 12.8 Å². The SMILES string of the molecule is Cl.NC(=O)CCC(=O)Nc1ccccc1. The molecular weight excluding hydrogens is 216 g/mol. The standard InChI is InChI=1S/C10H12N2O2.ClH/c11-9(13)6-7-10(14)12-8-4-2-1-3-5-8;/h1-5H,6-7H2,(H2,11,13)(H,12,14);1H. The van der Waals surface area contributed by atoms with Crippen LogP contribution in [-0.4, -0.2) is 11.8 Å². The molecule has 0 atom stereocenters. The number of rotatable bonds is 4. The summed E-state index contributed by atoms with van der Waals surface area (Å²) in [6.45, 7) is 0. The van der Waals surface area contributed by atoms with Crippen molar-refractivity contribution in [2.24, 2.45) is 5.73 Å². The minimum Gasteiger partial charge on any atom is -0.370 e. The zero-order valence-corrected chi connectivity index (χ0v) is 8.92. The second-order valence-corrected chi connectivity index (χ2v) is 2.88. The number of halogens is 1. The summed E-state index contributed by atoms with van der Waals surface area (Å²) in [4.78, 5) is 21.6. The van der Waals surface area contributed by atoms with Crippen molar-refractivity contribution < 1.29 is 9.59 Å². The first-order valence-corrected chi connectivity index (χ1v) is 4.31. The van der Waals surface area contributed by atoms with Crippen molar-refractivity contribution in [3.8, 4) is 0 Å². The second kappa shape index (κ2) is 6.84. The number of para-hydroxylation sites is 1. The van der Waals surface area contributed by atoms with Gasteiger partial charge in [0.1, 0.15) is 0 Å². The van der Waals surface area contributed by atoms with Crippen LogP contribution in [0.3, 0.4) is 0 Å². The van der Waals surface area contributed by atoms with Crippen LogP contribution in [0.4, 0.5) is 5.69 Å². The zero-order valence-electron chi connectivity index (χ0n) is 8.10. The van der Waals surface area contributed by atoms with Crippen molar-refractivity contribution in [3.63, 3.8) is 0 Å². The Morgan fingerprint density at radius 3 is 2.27 bits per heavy atom. The molecule has 0 aliphatic rings. The molecule has 0 aliphatic carbocycles. The molecule has 0 aromatic heterocycles. The van der Waals surface area contributed by atoms with E-state index in [1.807, 2.05) is 18.2 Å². The Kier molecular flexibility index (Phi) is 6.13. The maximum absolute atomic E-state index is 11.2. The first-order chi connectivity index (χ1) is 6.68. The summed E-state index contributed by atoms with van der Waals surface area (Å²) in [5, 5.41) is 2.65. The lowest BCUT2D eigenvalue weighted by Crippen LogP contribution is -2.17. The fraction of sp³-hybridized carbons (Fsp3) is 0.200. The fourth-order valence-electron chi connectivity index (χ4n) is 0.982. The molecule has 5 heteroatoms. The minimum atomic E-state index is -0.465. The van der Waals surface area contributed by atoms with Crippen LogP contribution in [-0.2, 0) is 9.59 Å².